The largest absolute Gasteiger partial charge is 0.492 e. The molecule has 1 rings (SSSR count). The molecular weight excluding hydrogens is 212 g/mol. The Hall–Kier alpha value is -1.09. The molecule has 2 N–H and O–H groups in total. The van der Waals surface area contributed by atoms with E-state index in [2.05, 4.69) is 25.8 Å². The summed E-state index contributed by atoms with van der Waals surface area (Å²) >= 11 is 0. The third kappa shape index (κ3) is 5.18. The molecule has 3 nitrogen and oxygen atoms in total. The third-order valence-corrected chi connectivity index (χ3v) is 2.56. The van der Waals surface area contributed by atoms with Gasteiger partial charge in [-0.15, -0.1) is 0 Å². The number of aryl methyl sites for hydroxylation is 1. The predicted octanol–water partition coefficient (Wildman–Crippen LogP) is 2.71. The zero-order valence-electron chi connectivity index (χ0n) is 11.4. The van der Waals surface area contributed by atoms with E-state index in [0.29, 0.717) is 12.0 Å². The summed E-state index contributed by atoms with van der Waals surface area (Å²) in [5.41, 5.74) is 7.86. The van der Waals surface area contributed by atoms with Crippen LogP contribution in [0.5, 0.6) is 5.75 Å². The minimum Gasteiger partial charge on any atom is -0.492 e. The maximum absolute atomic E-state index is 5.80. The van der Waals surface area contributed by atoms with Crippen LogP contribution in [-0.4, -0.2) is 18.1 Å². The molecule has 0 aliphatic rings. The highest BCUT2D eigenvalue weighted by atomic mass is 16.5. The normalized spacial score (nSPS) is 11.6. The van der Waals surface area contributed by atoms with Gasteiger partial charge >= 0.3 is 0 Å². The van der Waals surface area contributed by atoms with Gasteiger partial charge in [0.05, 0.1) is 12.3 Å². The molecular formula is C14H24N2O. The van der Waals surface area contributed by atoms with Gasteiger partial charge in [0.1, 0.15) is 5.75 Å². The first-order valence-electron chi connectivity index (χ1n) is 6.22. The van der Waals surface area contributed by atoms with Crippen LogP contribution in [0, 0.1) is 12.3 Å². The maximum atomic E-state index is 5.80. The number of rotatable bonds is 5. The van der Waals surface area contributed by atoms with Crippen molar-refractivity contribution in [2.24, 2.45) is 11.1 Å². The number of hydrogen-bond acceptors (Lipinski definition) is 3. The number of aromatic nitrogens is 1. The summed E-state index contributed by atoms with van der Waals surface area (Å²) in [4.78, 5) is 4.47. The van der Waals surface area contributed by atoms with Crippen molar-refractivity contribution in [1.82, 2.24) is 4.98 Å². The summed E-state index contributed by atoms with van der Waals surface area (Å²) in [6.45, 7) is 9.95. The SMILES string of the molecule is Cc1ccc(OCCC(C)(C)C)c(CCN)n1. The highest BCUT2D eigenvalue weighted by molar-refractivity contribution is 5.29. The molecule has 0 radical (unpaired) electrons. The highest BCUT2D eigenvalue weighted by Crippen LogP contribution is 2.21. The van der Waals surface area contributed by atoms with Gasteiger partial charge in [0.25, 0.3) is 0 Å². The molecule has 0 aliphatic carbocycles. The molecule has 0 bridgehead atoms. The van der Waals surface area contributed by atoms with E-state index in [1.807, 2.05) is 19.1 Å². The van der Waals surface area contributed by atoms with Crippen LogP contribution in [0.4, 0.5) is 0 Å². The molecule has 0 unspecified atom stereocenters. The molecule has 0 spiro atoms. The Bertz CT molecular complexity index is 356. The average molecular weight is 236 g/mol. The second-order valence-electron chi connectivity index (χ2n) is 5.60. The molecule has 1 aromatic rings. The summed E-state index contributed by atoms with van der Waals surface area (Å²) in [6, 6.07) is 3.97. The van der Waals surface area contributed by atoms with E-state index in [4.69, 9.17) is 10.5 Å². The minimum atomic E-state index is 0.298. The minimum absolute atomic E-state index is 0.298. The fourth-order valence-electron chi connectivity index (χ4n) is 1.51. The van der Waals surface area contributed by atoms with Crippen molar-refractivity contribution >= 4 is 0 Å². The van der Waals surface area contributed by atoms with Crippen LogP contribution < -0.4 is 10.5 Å². The fraction of sp³-hybridized carbons (Fsp3) is 0.643. The first-order chi connectivity index (χ1) is 7.92. The number of ether oxygens (including phenoxy) is 1. The van der Waals surface area contributed by atoms with E-state index in [-0.39, 0.29) is 0 Å². The molecule has 3 heteroatoms. The molecule has 0 aliphatic heterocycles. The summed E-state index contributed by atoms with van der Waals surface area (Å²) in [5, 5.41) is 0. The van der Waals surface area contributed by atoms with Crippen molar-refractivity contribution in [1.29, 1.82) is 0 Å². The molecule has 0 amide bonds. The van der Waals surface area contributed by atoms with E-state index in [0.717, 1.165) is 36.6 Å². The van der Waals surface area contributed by atoms with Crippen molar-refractivity contribution in [3.8, 4) is 5.75 Å². The van der Waals surface area contributed by atoms with Gasteiger partial charge in [-0.25, -0.2) is 0 Å². The number of hydrogen-bond donors (Lipinski definition) is 1. The van der Waals surface area contributed by atoms with Gasteiger partial charge in [-0.05, 0) is 37.4 Å². The Labute approximate surface area is 104 Å². The Balaban J connectivity index is 2.63. The monoisotopic (exact) mass is 236 g/mol. The van der Waals surface area contributed by atoms with Crippen molar-refractivity contribution in [2.75, 3.05) is 13.2 Å². The van der Waals surface area contributed by atoms with Crippen LogP contribution in [0.25, 0.3) is 0 Å². The lowest BCUT2D eigenvalue weighted by Crippen LogP contribution is -2.13. The molecule has 0 fully saturated rings. The summed E-state index contributed by atoms with van der Waals surface area (Å²) in [6.07, 6.45) is 1.80. The van der Waals surface area contributed by atoms with E-state index < -0.39 is 0 Å². The Morgan fingerprint density at radius 1 is 1.29 bits per heavy atom. The summed E-state index contributed by atoms with van der Waals surface area (Å²) < 4.78 is 5.80. The zero-order chi connectivity index (χ0) is 12.9. The Morgan fingerprint density at radius 2 is 2.00 bits per heavy atom. The molecule has 1 aromatic heterocycles. The molecule has 0 saturated heterocycles. The molecule has 17 heavy (non-hydrogen) atoms. The van der Waals surface area contributed by atoms with Crippen LogP contribution in [0.1, 0.15) is 38.6 Å². The van der Waals surface area contributed by atoms with Crippen LogP contribution >= 0.6 is 0 Å². The van der Waals surface area contributed by atoms with Crippen molar-refractivity contribution in [3.63, 3.8) is 0 Å². The third-order valence-electron chi connectivity index (χ3n) is 2.56. The van der Waals surface area contributed by atoms with Gasteiger partial charge in [-0.2, -0.15) is 0 Å². The molecule has 0 aromatic carbocycles. The van der Waals surface area contributed by atoms with Gasteiger partial charge in [0.15, 0.2) is 0 Å². The van der Waals surface area contributed by atoms with Gasteiger partial charge in [-0.3, -0.25) is 4.98 Å². The smallest absolute Gasteiger partial charge is 0.140 e. The summed E-state index contributed by atoms with van der Waals surface area (Å²) in [7, 11) is 0. The Morgan fingerprint density at radius 3 is 2.59 bits per heavy atom. The maximum Gasteiger partial charge on any atom is 0.140 e. The first kappa shape index (κ1) is 14.0. The lowest BCUT2D eigenvalue weighted by Gasteiger charge is -2.19. The second-order valence-corrected chi connectivity index (χ2v) is 5.60. The highest BCUT2D eigenvalue weighted by Gasteiger charge is 2.11. The molecule has 0 atom stereocenters. The number of nitrogens with two attached hydrogens (primary N) is 1. The van der Waals surface area contributed by atoms with Gasteiger partial charge in [0.2, 0.25) is 0 Å². The predicted molar refractivity (Wildman–Crippen MR) is 71.3 cm³/mol. The van der Waals surface area contributed by atoms with E-state index in [1.54, 1.807) is 0 Å². The Kier molecular flexibility index (Phi) is 4.94. The fourth-order valence-corrected chi connectivity index (χ4v) is 1.51. The van der Waals surface area contributed by atoms with Crippen LogP contribution in [0.2, 0.25) is 0 Å². The average Bonchev–Trinajstić information content (AvgIpc) is 2.20. The van der Waals surface area contributed by atoms with Gasteiger partial charge in [0, 0.05) is 12.1 Å². The van der Waals surface area contributed by atoms with Crippen molar-refractivity contribution in [2.45, 2.75) is 40.5 Å². The standard InChI is InChI=1S/C14H24N2O/c1-11-5-6-13(12(16-11)7-9-15)17-10-8-14(2,3)4/h5-6H,7-10,15H2,1-4H3. The van der Waals surface area contributed by atoms with Gasteiger partial charge in [-0.1, -0.05) is 20.8 Å². The van der Waals surface area contributed by atoms with Crippen LogP contribution in [0.3, 0.4) is 0 Å². The first-order valence-corrected chi connectivity index (χ1v) is 6.22. The second kappa shape index (κ2) is 6.01. The molecule has 0 saturated carbocycles. The number of pyridine rings is 1. The van der Waals surface area contributed by atoms with E-state index >= 15 is 0 Å². The van der Waals surface area contributed by atoms with Crippen molar-refractivity contribution < 1.29 is 4.74 Å². The topological polar surface area (TPSA) is 48.1 Å². The van der Waals surface area contributed by atoms with E-state index in [1.165, 1.54) is 0 Å². The van der Waals surface area contributed by atoms with Crippen LogP contribution in [-0.2, 0) is 6.42 Å². The molecule has 1 heterocycles. The zero-order valence-corrected chi connectivity index (χ0v) is 11.4. The molecule has 96 valence electrons. The lowest BCUT2D eigenvalue weighted by molar-refractivity contribution is 0.240. The lowest BCUT2D eigenvalue weighted by atomic mass is 9.93. The quantitative estimate of drug-likeness (QED) is 0.855. The van der Waals surface area contributed by atoms with Gasteiger partial charge < -0.3 is 10.5 Å². The van der Waals surface area contributed by atoms with E-state index in [9.17, 15) is 0 Å². The van der Waals surface area contributed by atoms with Crippen molar-refractivity contribution in [3.05, 3.63) is 23.5 Å². The van der Waals surface area contributed by atoms with Crippen LogP contribution in [0.15, 0.2) is 12.1 Å². The summed E-state index contributed by atoms with van der Waals surface area (Å²) in [5.74, 6) is 0.880. The number of nitrogens with zero attached hydrogens (tertiary/aromatic N) is 1.